The molecule has 5 heteroatoms. The van der Waals surface area contributed by atoms with E-state index in [0.717, 1.165) is 44.2 Å². The van der Waals surface area contributed by atoms with E-state index in [0.29, 0.717) is 5.92 Å². The molecular formula is C32H39ClN2O2. The SMILES string of the molecule is C[C@H]1CCC[C@]2(C)C[C@H]3OC(=O)[C@@H](CN4CCN([C@@H](c5ccccc5)c5ccc(Cl)cc5)CC4)[C@H]3C=C12. The van der Waals surface area contributed by atoms with Gasteiger partial charge in [-0.25, -0.2) is 0 Å². The van der Waals surface area contributed by atoms with E-state index < -0.39 is 0 Å². The van der Waals surface area contributed by atoms with Gasteiger partial charge in [0.25, 0.3) is 0 Å². The lowest BCUT2D eigenvalue weighted by Gasteiger charge is -2.46. The molecule has 2 aliphatic heterocycles. The van der Waals surface area contributed by atoms with Crippen LogP contribution in [0.4, 0.5) is 0 Å². The summed E-state index contributed by atoms with van der Waals surface area (Å²) in [7, 11) is 0. The summed E-state index contributed by atoms with van der Waals surface area (Å²) in [4.78, 5) is 18.1. The molecule has 4 nitrogen and oxygen atoms in total. The van der Waals surface area contributed by atoms with Crippen LogP contribution >= 0.6 is 11.6 Å². The zero-order chi connectivity index (χ0) is 25.6. The monoisotopic (exact) mass is 518 g/mol. The number of hydrogen-bond acceptors (Lipinski definition) is 4. The number of benzene rings is 2. The van der Waals surface area contributed by atoms with E-state index in [1.807, 2.05) is 12.1 Å². The van der Waals surface area contributed by atoms with Crippen molar-refractivity contribution in [3.63, 3.8) is 0 Å². The summed E-state index contributed by atoms with van der Waals surface area (Å²) in [5, 5.41) is 0.766. The van der Waals surface area contributed by atoms with Crippen LogP contribution in [0.3, 0.4) is 0 Å². The van der Waals surface area contributed by atoms with Gasteiger partial charge in [0.2, 0.25) is 0 Å². The number of carbonyl (C=O) groups excluding carboxylic acids is 1. The number of halogens is 1. The maximum Gasteiger partial charge on any atom is 0.311 e. The van der Waals surface area contributed by atoms with E-state index >= 15 is 0 Å². The van der Waals surface area contributed by atoms with Crippen LogP contribution in [0.25, 0.3) is 0 Å². The van der Waals surface area contributed by atoms with E-state index in [4.69, 9.17) is 16.3 Å². The molecular weight excluding hydrogens is 480 g/mol. The average molecular weight is 519 g/mol. The lowest BCUT2D eigenvalue weighted by molar-refractivity contribution is -0.145. The lowest BCUT2D eigenvalue weighted by Crippen LogP contribution is -2.50. The third kappa shape index (κ3) is 4.89. The number of piperazine rings is 1. The van der Waals surface area contributed by atoms with Gasteiger partial charge in [0, 0.05) is 43.7 Å². The van der Waals surface area contributed by atoms with E-state index in [1.54, 1.807) is 5.57 Å². The first-order chi connectivity index (χ1) is 17.9. The second kappa shape index (κ2) is 10.2. The van der Waals surface area contributed by atoms with Gasteiger partial charge in [-0.05, 0) is 53.9 Å². The number of hydrogen-bond donors (Lipinski definition) is 0. The maximum atomic E-state index is 13.1. The molecule has 0 radical (unpaired) electrons. The highest BCUT2D eigenvalue weighted by Gasteiger charge is 2.52. The topological polar surface area (TPSA) is 32.8 Å². The Hall–Kier alpha value is -2.14. The van der Waals surface area contributed by atoms with Crippen molar-refractivity contribution in [2.24, 2.45) is 23.2 Å². The van der Waals surface area contributed by atoms with Gasteiger partial charge in [0.05, 0.1) is 12.0 Å². The Morgan fingerprint density at radius 3 is 2.46 bits per heavy atom. The Bertz CT molecular complexity index is 1140. The molecule has 0 bridgehead atoms. The fourth-order valence-corrected chi connectivity index (χ4v) is 7.76. The molecule has 1 saturated carbocycles. The van der Waals surface area contributed by atoms with E-state index in [2.05, 4.69) is 72.2 Å². The average Bonchev–Trinajstić information content (AvgIpc) is 3.19. The van der Waals surface area contributed by atoms with Gasteiger partial charge >= 0.3 is 5.97 Å². The number of nitrogens with zero attached hydrogens (tertiary/aromatic N) is 2. The van der Waals surface area contributed by atoms with Crippen LogP contribution in [-0.4, -0.2) is 54.6 Å². The first-order valence-electron chi connectivity index (χ1n) is 14.1. The number of carbonyl (C=O) groups is 1. The van der Waals surface area contributed by atoms with Gasteiger partial charge in [0.15, 0.2) is 0 Å². The van der Waals surface area contributed by atoms with E-state index in [1.165, 1.54) is 30.4 Å². The van der Waals surface area contributed by atoms with Crippen molar-refractivity contribution in [3.05, 3.63) is 82.4 Å². The quantitative estimate of drug-likeness (QED) is 0.340. The van der Waals surface area contributed by atoms with Gasteiger partial charge in [0.1, 0.15) is 6.10 Å². The van der Waals surface area contributed by atoms with Crippen LogP contribution in [0.5, 0.6) is 0 Å². The van der Waals surface area contributed by atoms with E-state index in [-0.39, 0.29) is 35.4 Å². The van der Waals surface area contributed by atoms with Crippen molar-refractivity contribution in [2.45, 2.75) is 51.7 Å². The number of esters is 1. The Morgan fingerprint density at radius 2 is 1.73 bits per heavy atom. The van der Waals surface area contributed by atoms with Crippen molar-refractivity contribution in [2.75, 3.05) is 32.7 Å². The highest BCUT2D eigenvalue weighted by atomic mass is 35.5. The van der Waals surface area contributed by atoms with Crippen LogP contribution in [0.2, 0.25) is 5.02 Å². The third-order valence-corrected chi connectivity index (χ3v) is 9.86. The van der Waals surface area contributed by atoms with Crippen molar-refractivity contribution in [1.29, 1.82) is 0 Å². The fraction of sp³-hybridized carbons (Fsp3) is 0.531. The van der Waals surface area contributed by atoms with Gasteiger partial charge in [-0.15, -0.1) is 0 Å². The lowest BCUT2D eigenvalue weighted by atomic mass is 9.59. The van der Waals surface area contributed by atoms with Crippen molar-refractivity contribution in [3.8, 4) is 0 Å². The fourth-order valence-electron chi connectivity index (χ4n) is 7.64. The molecule has 2 saturated heterocycles. The molecule has 2 aromatic rings. The molecule has 2 aromatic carbocycles. The van der Waals surface area contributed by atoms with Crippen LogP contribution in [0, 0.1) is 23.2 Å². The first-order valence-corrected chi connectivity index (χ1v) is 14.5. The normalized spacial score (nSPS) is 33.3. The summed E-state index contributed by atoms with van der Waals surface area (Å²) in [6, 6.07) is 19.2. The largest absolute Gasteiger partial charge is 0.461 e. The van der Waals surface area contributed by atoms with Crippen LogP contribution in [-0.2, 0) is 9.53 Å². The summed E-state index contributed by atoms with van der Waals surface area (Å²) in [5.74, 6) is 0.846. The first kappa shape index (κ1) is 25.2. The molecule has 4 aliphatic rings. The van der Waals surface area contributed by atoms with Gasteiger partial charge < -0.3 is 4.74 Å². The Balaban J connectivity index is 1.15. The standard InChI is InChI=1S/C32H39ClN2O2/c1-22-7-6-14-32(2)20-29-26(19-28(22)32)27(31(36)37-29)21-34-15-17-35(18-16-34)30(23-8-4-3-5-9-23)24-10-12-25(33)13-11-24/h3-5,8-13,19,22,26-27,29-30H,6-7,14-18,20-21H2,1-2H3/t22-,26+,27-,29+,30-,32+/m0/s1. The second-order valence-corrected chi connectivity index (χ2v) is 12.5. The predicted molar refractivity (Wildman–Crippen MR) is 148 cm³/mol. The maximum absolute atomic E-state index is 13.1. The molecule has 6 rings (SSSR count). The number of rotatable bonds is 5. The Morgan fingerprint density at radius 1 is 1.03 bits per heavy atom. The minimum Gasteiger partial charge on any atom is -0.461 e. The molecule has 0 aromatic heterocycles. The van der Waals surface area contributed by atoms with Crippen molar-refractivity contribution in [1.82, 2.24) is 9.80 Å². The van der Waals surface area contributed by atoms with Crippen molar-refractivity contribution >= 4 is 17.6 Å². The zero-order valence-electron chi connectivity index (χ0n) is 22.1. The summed E-state index contributed by atoms with van der Waals surface area (Å²) in [5.41, 5.74) is 4.39. The number of allylic oxidation sites excluding steroid dienone is 1. The number of ether oxygens (including phenoxy) is 1. The minimum absolute atomic E-state index is 0.0208. The molecule has 0 amide bonds. The summed E-state index contributed by atoms with van der Waals surface area (Å²) < 4.78 is 6.02. The highest BCUT2D eigenvalue weighted by molar-refractivity contribution is 6.30. The minimum atomic E-state index is -0.0380. The van der Waals surface area contributed by atoms with Gasteiger partial charge in [-0.1, -0.05) is 86.0 Å². The van der Waals surface area contributed by atoms with Crippen molar-refractivity contribution < 1.29 is 9.53 Å². The van der Waals surface area contributed by atoms with Crippen LogP contribution in [0.15, 0.2) is 66.2 Å². The zero-order valence-corrected chi connectivity index (χ0v) is 22.9. The second-order valence-electron chi connectivity index (χ2n) is 12.0. The summed E-state index contributed by atoms with van der Waals surface area (Å²) in [6.45, 7) is 9.43. The molecule has 2 aliphatic carbocycles. The molecule has 0 unspecified atom stereocenters. The van der Waals surface area contributed by atoms with Gasteiger partial charge in [-0.2, -0.15) is 0 Å². The molecule has 6 atom stereocenters. The predicted octanol–water partition coefficient (Wildman–Crippen LogP) is 6.36. The Kier molecular flexibility index (Phi) is 6.94. The molecule has 196 valence electrons. The summed E-state index contributed by atoms with van der Waals surface area (Å²) in [6.07, 6.45) is 7.33. The number of fused-ring (bicyclic) bond motifs is 2. The molecule has 0 N–H and O–H groups in total. The van der Waals surface area contributed by atoms with Gasteiger partial charge in [-0.3, -0.25) is 14.6 Å². The van der Waals surface area contributed by atoms with Crippen LogP contribution in [0.1, 0.15) is 56.7 Å². The highest BCUT2D eigenvalue weighted by Crippen LogP contribution is 2.54. The third-order valence-electron chi connectivity index (χ3n) is 9.61. The van der Waals surface area contributed by atoms with Crippen LogP contribution < -0.4 is 0 Å². The molecule has 2 heterocycles. The Labute approximate surface area is 226 Å². The molecule has 3 fully saturated rings. The van der Waals surface area contributed by atoms with E-state index in [9.17, 15) is 4.79 Å². The summed E-state index contributed by atoms with van der Waals surface area (Å²) >= 11 is 6.20. The smallest absolute Gasteiger partial charge is 0.311 e. The molecule has 37 heavy (non-hydrogen) atoms. The molecule has 0 spiro atoms.